The highest BCUT2D eigenvalue weighted by Gasteiger charge is 2.28. The van der Waals surface area contributed by atoms with Crippen LogP contribution in [0.15, 0.2) is 24.3 Å². The zero-order valence-electron chi connectivity index (χ0n) is 11.7. The van der Waals surface area contributed by atoms with Gasteiger partial charge in [-0.15, -0.1) is 0 Å². The number of rotatable bonds is 5. The summed E-state index contributed by atoms with van der Waals surface area (Å²) < 4.78 is 5.59. The van der Waals surface area contributed by atoms with Gasteiger partial charge in [-0.05, 0) is 35.8 Å². The molecule has 2 N–H and O–H groups in total. The van der Waals surface area contributed by atoms with Crippen molar-refractivity contribution in [1.82, 2.24) is 0 Å². The molecule has 2 nitrogen and oxygen atoms in total. The second-order valence-corrected chi connectivity index (χ2v) is 5.73. The monoisotopic (exact) mass is 247 g/mol. The summed E-state index contributed by atoms with van der Waals surface area (Å²) in [6.07, 6.45) is 4.06. The van der Waals surface area contributed by atoms with Crippen molar-refractivity contribution >= 4 is 0 Å². The molecule has 1 saturated carbocycles. The van der Waals surface area contributed by atoms with Crippen LogP contribution in [0.2, 0.25) is 0 Å². The lowest BCUT2D eigenvalue weighted by atomic mass is 9.76. The Kier molecular flexibility index (Phi) is 4.41. The van der Waals surface area contributed by atoms with Crippen molar-refractivity contribution in [2.24, 2.45) is 11.7 Å². The highest BCUT2D eigenvalue weighted by Crippen LogP contribution is 2.40. The molecule has 100 valence electrons. The van der Waals surface area contributed by atoms with Crippen LogP contribution in [0.25, 0.3) is 0 Å². The van der Waals surface area contributed by atoms with Gasteiger partial charge in [-0.25, -0.2) is 0 Å². The van der Waals surface area contributed by atoms with Crippen molar-refractivity contribution in [3.8, 4) is 0 Å². The molecule has 0 radical (unpaired) electrons. The van der Waals surface area contributed by atoms with Gasteiger partial charge in [0.25, 0.3) is 0 Å². The van der Waals surface area contributed by atoms with E-state index in [9.17, 15) is 0 Å². The molecule has 1 aliphatic carbocycles. The maximum atomic E-state index is 6.44. The Balaban J connectivity index is 2.25. The van der Waals surface area contributed by atoms with Gasteiger partial charge in [0.15, 0.2) is 0 Å². The van der Waals surface area contributed by atoms with E-state index in [4.69, 9.17) is 10.5 Å². The molecule has 0 amide bonds. The van der Waals surface area contributed by atoms with Crippen LogP contribution < -0.4 is 5.73 Å². The van der Waals surface area contributed by atoms with Crippen molar-refractivity contribution in [2.75, 3.05) is 7.11 Å². The number of ether oxygens (including phenoxy) is 1. The van der Waals surface area contributed by atoms with E-state index in [2.05, 4.69) is 38.1 Å². The number of benzene rings is 1. The molecule has 0 heterocycles. The summed E-state index contributed by atoms with van der Waals surface area (Å²) >= 11 is 0. The molecule has 2 heteroatoms. The quantitative estimate of drug-likeness (QED) is 0.862. The SMILES string of the molecule is COC(C(C)C)C(N)c1ccccc1C1CCC1. The molecule has 2 atom stereocenters. The molecule has 1 aromatic rings. The Morgan fingerprint density at radius 2 is 1.89 bits per heavy atom. The Morgan fingerprint density at radius 1 is 1.22 bits per heavy atom. The molecule has 0 bridgehead atoms. The number of nitrogens with two attached hydrogens (primary N) is 1. The summed E-state index contributed by atoms with van der Waals surface area (Å²) in [5, 5.41) is 0. The largest absolute Gasteiger partial charge is 0.379 e. The van der Waals surface area contributed by atoms with Crippen LogP contribution in [-0.4, -0.2) is 13.2 Å². The Labute approximate surface area is 111 Å². The van der Waals surface area contributed by atoms with Gasteiger partial charge in [-0.2, -0.15) is 0 Å². The minimum atomic E-state index is -0.0215. The van der Waals surface area contributed by atoms with Gasteiger partial charge in [0.05, 0.1) is 12.1 Å². The predicted molar refractivity (Wildman–Crippen MR) is 75.6 cm³/mol. The fraction of sp³-hybridized carbons (Fsp3) is 0.625. The van der Waals surface area contributed by atoms with Crippen molar-refractivity contribution in [3.05, 3.63) is 35.4 Å². The third-order valence-electron chi connectivity index (χ3n) is 4.18. The van der Waals surface area contributed by atoms with Gasteiger partial charge >= 0.3 is 0 Å². The van der Waals surface area contributed by atoms with Crippen molar-refractivity contribution in [3.63, 3.8) is 0 Å². The zero-order chi connectivity index (χ0) is 13.1. The van der Waals surface area contributed by atoms with Gasteiger partial charge < -0.3 is 10.5 Å². The molecule has 2 rings (SSSR count). The minimum absolute atomic E-state index is 0.0215. The lowest BCUT2D eigenvalue weighted by Crippen LogP contribution is -2.33. The van der Waals surface area contributed by atoms with Crippen LogP contribution in [-0.2, 0) is 4.74 Å². The first-order valence-electron chi connectivity index (χ1n) is 7.02. The van der Waals surface area contributed by atoms with Crippen molar-refractivity contribution < 1.29 is 4.74 Å². The summed E-state index contributed by atoms with van der Waals surface area (Å²) in [5.41, 5.74) is 9.17. The average Bonchev–Trinajstić information content (AvgIpc) is 2.27. The predicted octanol–water partition coefficient (Wildman–Crippen LogP) is 3.62. The van der Waals surface area contributed by atoms with E-state index in [1.165, 1.54) is 30.4 Å². The first-order valence-corrected chi connectivity index (χ1v) is 7.02. The second kappa shape index (κ2) is 5.85. The maximum Gasteiger partial charge on any atom is 0.0786 e. The van der Waals surface area contributed by atoms with Gasteiger partial charge in [0.1, 0.15) is 0 Å². The summed E-state index contributed by atoms with van der Waals surface area (Å²) in [5.74, 6) is 1.15. The third kappa shape index (κ3) is 2.60. The molecule has 0 spiro atoms. The van der Waals surface area contributed by atoms with E-state index < -0.39 is 0 Å². The van der Waals surface area contributed by atoms with E-state index >= 15 is 0 Å². The van der Waals surface area contributed by atoms with Gasteiger partial charge in [0, 0.05) is 7.11 Å². The van der Waals surface area contributed by atoms with Gasteiger partial charge in [-0.3, -0.25) is 0 Å². The molecule has 0 saturated heterocycles. The highest BCUT2D eigenvalue weighted by molar-refractivity contribution is 5.34. The Morgan fingerprint density at radius 3 is 2.39 bits per heavy atom. The van der Waals surface area contributed by atoms with Crippen LogP contribution in [0.5, 0.6) is 0 Å². The zero-order valence-corrected chi connectivity index (χ0v) is 11.7. The Hall–Kier alpha value is -0.860. The summed E-state index contributed by atoms with van der Waals surface area (Å²) in [7, 11) is 1.76. The van der Waals surface area contributed by atoms with Crippen LogP contribution >= 0.6 is 0 Å². The molecule has 0 aromatic heterocycles. The lowest BCUT2D eigenvalue weighted by molar-refractivity contribution is 0.0433. The van der Waals surface area contributed by atoms with Gasteiger partial charge in [-0.1, -0.05) is 44.5 Å². The van der Waals surface area contributed by atoms with E-state index in [0.717, 1.165) is 5.92 Å². The molecule has 1 aromatic carbocycles. The van der Waals surface area contributed by atoms with Crippen molar-refractivity contribution in [1.29, 1.82) is 0 Å². The number of hydrogen-bond acceptors (Lipinski definition) is 2. The average molecular weight is 247 g/mol. The fourth-order valence-corrected chi connectivity index (χ4v) is 2.92. The van der Waals surface area contributed by atoms with E-state index in [0.29, 0.717) is 5.92 Å². The first-order chi connectivity index (χ1) is 8.65. The van der Waals surface area contributed by atoms with Gasteiger partial charge in [0.2, 0.25) is 0 Å². The van der Waals surface area contributed by atoms with Crippen LogP contribution in [0, 0.1) is 5.92 Å². The standard InChI is InChI=1S/C16H25NO/c1-11(2)16(18-3)15(17)14-10-5-4-9-13(14)12-7-6-8-12/h4-5,9-12,15-16H,6-8,17H2,1-3H3. The minimum Gasteiger partial charge on any atom is -0.379 e. The molecule has 1 fully saturated rings. The van der Waals surface area contributed by atoms with Crippen LogP contribution in [0.1, 0.15) is 56.2 Å². The van der Waals surface area contributed by atoms with Crippen molar-refractivity contribution in [2.45, 2.75) is 51.2 Å². The third-order valence-corrected chi connectivity index (χ3v) is 4.18. The Bertz CT molecular complexity index is 384. The fourth-order valence-electron chi connectivity index (χ4n) is 2.92. The topological polar surface area (TPSA) is 35.2 Å². The van der Waals surface area contributed by atoms with E-state index in [1.54, 1.807) is 7.11 Å². The number of methoxy groups -OCH3 is 1. The molecular weight excluding hydrogens is 222 g/mol. The summed E-state index contributed by atoms with van der Waals surface area (Å²) in [4.78, 5) is 0. The lowest BCUT2D eigenvalue weighted by Gasteiger charge is -2.32. The summed E-state index contributed by atoms with van der Waals surface area (Å²) in [6.45, 7) is 4.33. The molecule has 2 unspecified atom stereocenters. The molecule has 1 aliphatic rings. The first kappa shape index (κ1) is 13.6. The smallest absolute Gasteiger partial charge is 0.0786 e. The van der Waals surface area contributed by atoms with E-state index in [1.807, 2.05) is 0 Å². The normalized spacial score (nSPS) is 19.6. The number of hydrogen-bond donors (Lipinski definition) is 1. The molecule has 18 heavy (non-hydrogen) atoms. The molecule has 0 aliphatic heterocycles. The molecular formula is C16H25NO. The van der Waals surface area contributed by atoms with E-state index in [-0.39, 0.29) is 12.1 Å². The summed E-state index contributed by atoms with van der Waals surface area (Å²) in [6, 6.07) is 8.61. The van der Waals surface area contributed by atoms with Crippen LogP contribution in [0.4, 0.5) is 0 Å². The second-order valence-electron chi connectivity index (χ2n) is 5.73. The maximum absolute atomic E-state index is 6.44. The highest BCUT2D eigenvalue weighted by atomic mass is 16.5. The van der Waals surface area contributed by atoms with Crippen LogP contribution in [0.3, 0.4) is 0 Å².